The van der Waals surface area contributed by atoms with Gasteiger partial charge in [0.15, 0.2) is 0 Å². The number of pyridine rings is 1. The molecule has 4 nitrogen and oxygen atoms in total. The summed E-state index contributed by atoms with van der Waals surface area (Å²) in [7, 11) is 0. The van der Waals surface area contributed by atoms with E-state index in [9.17, 15) is 4.79 Å². The van der Waals surface area contributed by atoms with E-state index in [1.54, 1.807) is 6.20 Å². The van der Waals surface area contributed by atoms with Gasteiger partial charge in [-0.05, 0) is 23.3 Å². The Morgan fingerprint density at radius 2 is 1.42 bits per heavy atom. The van der Waals surface area contributed by atoms with Gasteiger partial charge in [0, 0.05) is 6.20 Å². The number of aromatic nitrogens is 1. The quantitative estimate of drug-likeness (QED) is 0.734. The lowest BCUT2D eigenvalue weighted by Crippen LogP contribution is -2.36. The van der Waals surface area contributed by atoms with Crippen LogP contribution >= 0.6 is 0 Å². The molecule has 2 unspecified atom stereocenters. The Morgan fingerprint density at radius 1 is 0.833 bits per heavy atom. The molecule has 0 fully saturated rings. The third-order valence-corrected chi connectivity index (χ3v) is 3.87. The lowest BCUT2D eigenvalue weighted by atomic mass is 9.99. The van der Waals surface area contributed by atoms with Crippen LogP contribution in [0.2, 0.25) is 0 Å². The molecule has 120 valence electrons. The highest BCUT2D eigenvalue weighted by atomic mass is 16.1. The number of amides is 1. The fraction of sp³-hybridized carbons (Fsp3) is 0.100. The molecule has 3 rings (SSSR count). The zero-order valence-corrected chi connectivity index (χ0v) is 13.2. The van der Waals surface area contributed by atoms with Crippen molar-refractivity contribution in [1.82, 2.24) is 10.3 Å². The van der Waals surface area contributed by atoms with Crippen LogP contribution < -0.4 is 11.1 Å². The Balaban J connectivity index is 1.98. The molecular weight excluding hydrogens is 298 g/mol. The molecule has 1 aromatic heterocycles. The monoisotopic (exact) mass is 317 g/mol. The Kier molecular flexibility index (Phi) is 4.99. The summed E-state index contributed by atoms with van der Waals surface area (Å²) in [5.41, 5.74) is 8.35. The zero-order valence-electron chi connectivity index (χ0n) is 13.2. The fourth-order valence-corrected chi connectivity index (χ4v) is 2.70. The van der Waals surface area contributed by atoms with Crippen molar-refractivity contribution < 1.29 is 4.79 Å². The number of nitrogens with two attached hydrogens (primary N) is 1. The molecule has 1 heterocycles. The van der Waals surface area contributed by atoms with Gasteiger partial charge in [0.2, 0.25) is 5.91 Å². The third-order valence-electron chi connectivity index (χ3n) is 3.87. The van der Waals surface area contributed by atoms with Crippen LogP contribution in [0, 0.1) is 0 Å². The zero-order chi connectivity index (χ0) is 16.8. The Bertz CT molecular complexity index is 736. The topological polar surface area (TPSA) is 68.0 Å². The fourth-order valence-electron chi connectivity index (χ4n) is 2.70. The first-order chi connectivity index (χ1) is 11.8. The number of hydrogen-bond acceptors (Lipinski definition) is 3. The highest BCUT2D eigenvalue weighted by Gasteiger charge is 2.24. The number of carbonyl (C=O) groups is 1. The molecule has 24 heavy (non-hydrogen) atoms. The molecule has 0 radical (unpaired) electrons. The highest BCUT2D eigenvalue weighted by Crippen LogP contribution is 2.24. The van der Waals surface area contributed by atoms with Crippen LogP contribution in [-0.2, 0) is 4.79 Å². The minimum atomic E-state index is -0.599. The second kappa shape index (κ2) is 7.53. The summed E-state index contributed by atoms with van der Waals surface area (Å²) in [4.78, 5) is 16.5. The van der Waals surface area contributed by atoms with Crippen LogP contribution in [0.1, 0.15) is 28.9 Å². The summed E-state index contributed by atoms with van der Waals surface area (Å²) < 4.78 is 0. The molecule has 0 saturated heterocycles. The molecule has 0 bridgehead atoms. The van der Waals surface area contributed by atoms with Crippen molar-refractivity contribution in [1.29, 1.82) is 0 Å². The van der Waals surface area contributed by atoms with Crippen molar-refractivity contribution in [3.8, 4) is 0 Å². The van der Waals surface area contributed by atoms with Crippen LogP contribution in [0.3, 0.4) is 0 Å². The maximum Gasteiger partial charge on any atom is 0.239 e. The largest absolute Gasteiger partial charge is 0.368 e. The highest BCUT2D eigenvalue weighted by molar-refractivity contribution is 5.81. The summed E-state index contributed by atoms with van der Waals surface area (Å²) in [5, 5.41) is 3.37. The molecule has 2 aromatic carbocycles. The van der Waals surface area contributed by atoms with Gasteiger partial charge < -0.3 is 5.73 Å². The van der Waals surface area contributed by atoms with E-state index in [0.717, 1.165) is 16.8 Å². The maximum absolute atomic E-state index is 12.0. The van der Waals surface area contributed by atoms with E-state index in [2.05, 4.69) is 10.3 Å². The van der Waals surface area contributed by atoms with E-state index in [0.29, 0.717) is 0 Å². The molecule has 0 spiro atoms. The molecule has 3 aromatic rings. The standard InChI is InChI=1S/C20H19N3O/c21-20(24)19(16-11-5-2-6-12-16)23-18(15-9-3-1-4-10-15)17-13-7-8-14-22-17/h1-14,18-19,23H,(H2,21,24). The van der Waals surface area contributed by atoms with E-state index in [1.165, 1.54) is 0 Å². The van der Waals surface area contributed by atoms with Crippen molar-refractivity contribution in [3.05, 3.63) is 102 Å². The van der Waals surface area contributed by atoms with Crippen molar-refractivity contribution in [2.45, 2.75) is 12.1 Å². The van der Waals surface area contributed by atoms with Crippen LogP contribution in [0.25, 0.3) is 0 Å². The first-order valence-corrected chi connectivity index (χ1v) is 7.82. The number of benzene rings is 2. The summed E-state index contributed by atoms with van der Waals surface area (Å²) >= 11 is 0. The number of carbonyl (C=O) groups excluding carboxylic acids is 1. The molecular formula is C20H19N3O. The minimum absolute atomic E-state index is 0.231. The Hall–Kier alpha value is -2.98. The predicted octanol–water partition coefficient (Wildman–Crippen LogP) is 2.99. The molecule has 0 aliphatic heterocycles. The molecule has 1 amide bonds. The van der Waals surface area contributed by atoms with E-state index >= 15 is 0 Å². The van der Waals surface area contributed by atoms with Gasteiger partial charge in [-0.15, -0.1) is 0 Å². The molecule has 0 aliphatic carbocycles. The van der Waals surface area contributed by atoms with Crippen molar-refractivity contribution in [3.63, 3.8) is 0 Å². The van der Waals surface area contributed by atoms with Crippen LogP contribution in [-0.4, -0.2) is 10.9 Å². The van der Waals surface area contributed by atoms with Gasteiger partial charge in [-0.1, -0.05) is 66.7 Å². The van der Waals surface area contributed by atoms with Crippen LogP contribution in [0.5, 0.6) is 0 Å². The van der Waals surface area contributed by atoms with Crippen LogP contribution in [0.4, 0.5) is 0 Å². The molecule has 2 atom stereocenters. The maximum atomic E-state index is 12.0. The summed E-state index contributed by atoms with van der Waals surface area (Å²) in [6.45, 7) is 0. The van der Waals surface area contributed by atoms with Crippen molar-refractivity contribution >= 4 is 5.91 Å². The van der Waals surface area contributed by atoms with Crippen LogP contribution in [0.15, 0.2) is 85.1 Å². The number of nitrogens with zero attached hydrogens (tertiary/aromatic N) is 1. The van der Waals surface area contributed by atoms with E-state index < -0.39 is 11.9 Å². The lowest BCUT2D eigenvalue weighted by molar-refractivity contribution is -0.120. The molecule has 0 saturated carbocycles. The van der Waals surface area contributed by atoms with Gasteiger partial charge in [0.05, 0.1) is 11.7 Å². The first kappa shape index (κ1) is 15.9. The lowest BCUT2D eigenvalue weighted by Gasteiger charge is -2.24. The minimum Gasteiger partial charge on any atom is -0.368 e. The summed E-state index contributed by atoms with van der Waals surface area (Å²) in [5.74, 6) is -0.418. The Morgan fingerprint density at radius 3 is 1.96 bits per heavy atom. The predicted molar refractivity (Wildman–Crippen MR) is 94.0 cm³/mol. The van der Waals surface area contributed by atoms with Gasteiger partial charge in [-0.2, -0.15) is 0 Å². The molecule has 3 N–H and O–H groups in total. The number of hydrogen-bond donors (Lipinski definition) is 2. The van der Waals surface area contributed by atoms with Gasteiger partial charge in [0.1, 0.15) is 6.04 Å². The van der Waals surface area contributed by atoms with Gasteiger partial charge in [-0.25, -0.2) is 0 Å². The van der Waals surface area contributed by atoms with Crippen molar-refractivity contribution in [2.24, 2.45) is 5.73 Å². The molecule has 4 heteroatoms. The molecule has 0 aliphatic rings. The number of rotatable bonds is 6. The Labute approximate surface area is 141 Å². The van der Waals surface area contributed by atoms with Gasteiger partial charge in [-0.3, -0.25) is 15.1 Å². The van der Waals surface area contributed by atoms with E-state index in [4.69, 9.17) is 5.73 Å². The smallest absolute Gasteiger partial charge is 0.239 e. The summed E-state index contributed by atoms with van der Waals surface area (Å²) in [6.07, 6.45) is 1.74. The summed E-state index contributed by atoms with van der Waals surface area (Å²) in [6, 6.07) is 24.3. The van der Waals surface area contributed by atoms with E-state index in [1.807, 2.05) is 78.9 Å². The SMILES string of the molecule is NC(=O)C(NC(c1ccccc1)c1ccccn1)c1ccccc1. The van der Waals surface area contributed by atoms with E-state index in [-0.39, 0.29) is 6.04 Å². The second-order valence-electron chi connectivity index (χ2n) is 5.51. The normalized spacial score (nSPS) is 13.2. The average molecular weight is 317 g/mol. The number of nitrogens with one attached hydrogen (secondary N) is 1. The van der Waals surface area contributed by atoms with Gasteiger partial charge in [0.25, 0.3) is 0 Å². The van der Waals surface area contributed by atoms with Gasteiger partial charge >= 0.3 is 0 Å². The van der Waals surface area contributed by atoms with Crippen molar-refractivity contribution in [2.75, 3.05) is 0 Å². The number of primary amides is 1. The average Bonchev–Trinajstić information content (AvgIpc) is 2.64. The second-order valence-corrected chi connectivity index (χ2v) is 5.51. The third kappa shape index (κ3) is 3.67. The first-order valence-electron chi connectivity index (χ1n) is 7.82.